The molecule has 0 saturated carbocycles. The predicted molar refractivity (Wildman–Crippen MR) is 124 cm³/mol. The number of hydrogen-bond acceptors (Lipinski definition) is 5. The van der Waals surface area contributed by atoms with Gasteiger partial charge >= 0.3 is 5.97 Å². The molecule has 0 atom stereocenters. The number of sulfonamides is 1. The zero-order chi connectivity index (χ0) is 23.1. The Balaban J connectivity index is 1.65. The second kappa shape index (κ2) is 10.1. The van der Waals surface area contributed by atoms with Gasteiger partial charge in [0.25, 0.3) is 10.0 Å². The molecular formula is C23H19ClN2O5S. The van der Waals surface area contributed by atoms with Gasteiger partial charge in [-0.3, -0.25) is 9.52 Å². The van der Waals surface area contributed by atoms with Crippen molar-refractivity contribution in [3.8, 4) is 0 Å². The minimum absolute atomic E-state index is 0.0543. The van der Waals surface area contributed by atoms with Crippen molar-refractivity contribution < 1.29 is 22.7 Å². The molecule has 0 unspecified atom stereocenters. The van der Waals surface area contributed by atoms with E-state index in [0.717, 1.165) is 0 Å². The van der Waals surface area contributed by atoms with Gasteiger partial charge < -0.3 is 10.1 Å². The van der Waals surface area contributed by atoms with E-state index in [9.17, 15) is 18.0 Å². The third-order valence-electron chi connectivity index (χ3n) is 4.29. The maximum atomic E-state index is 12.5. The van der Waals surface area contributed by atoms with Crippen LogP contribution in [0.1, 0.15) is 15.9 Å². The van der Waals surface area contributed by atoms with Crippen molar-refractivity contribution >= 4 is 51.0 Å². The molecule has 0 fully saturated rings. The van der Waals surface area contributed by atoms with Crippen LogP contribution in [0.25, 0.3) is 6.08 Å². The summed E-state index contributed by atoms with van der Waals surface area (Å²) < 4.78 is 32.2. The highest BCUT2D eigenvalue weighted by Crippen LogP contribution is 2.24. The summed E-state index contributed by atoms with van der Waals surface area (Å²) in [5.41, 5.74) is 1.66. The molecule has 0 aliphatic carbocycles. The standard InChI is InChI=1S/C23H19ClN2O5S/c1-31-23(28)17-5-4-6-18(15-17)25-22(27)14-11-16-9-12-19(13-10-16)32(29,30)26-21-8-3-2-7-20(21)24/h2-15,26H,1H3,(H,25,27)/b14-11+. The fourth-order valence-corrected chi connectivity index (χ4v) is 4.02. The van der Waals surface area contributed by atoms with Gasteiger partial charge in [0.1, 0.15) is 0 Å². The number of rotatable bonds is 7. The zero-order valence-electron chi connectivity index (χ0n) is 16.9. The van der Waals surface area contributed by atoms with Crippen molar-refractivity contribution in [2.45, 2.75) is 4.90 Å². The van der Waals surface area contributed by atoms with E-state index in [1.54, 1.807) is 54.6 Å². The largest absolute Gasteiger partial charge is 0.465 e. The molecule has 0 aliphatic heterocycles. The topological polar surface area (TPSA) is 102 Å². The number of benzene rings is 3. The van der Waals surface area contributed by atoms with Crippen LogP contribution >= 0.6 is 11.6 Å². The molecule has 9 heteroatoms. The summed E-state index contributed by atoms with van der Waals surface area (Å²) in [6, 6.07) is 18.9. The molecule has 0 radical (unpaired) electrons. The summed E-state index contributed by atoms with van der Waals surface area (Å²) >= 11 is 6.01. The number of para-hydroxylation sites is 1. The lowest BCUT2D eigenvalue weighted by atomic mass is 10.2. The van der Waals surface area contributed by atoms with Crippen LogP contribution in [0.15, 0.2) is 83.8 Å². The minimum atomic E-state index is -3.81. The van der Waals surface area contributed by atoms with Crippen molar-refractivity contribution in [3.63, 3.8) is 0 Å². The fourth-order valence-electron chi connectivity index (χ4n) is 2.70. The maximum absolute atomic E-state index is 12.5. The molecule has 3 aromatic rings. The Labute approximate surface area is 190 Å². The lowest BCUT2D eigenvalue weighted by Crippen LogP contribution is -2.13. The highest BCUT2D eigenvalue weighted by Gasteiger charge is 2.15. The van der Waals surface area contributed by atoms with E-state index >= 15 is 0 Å². The maximum Gasteiger partial charge on any atom is 0.337 e. The first kappa shape index (κ1) is 23.1. The lowest BCUT2D eigenvalue weighted by molar-refractivity contribution is -0.111. The number of esters is 1. The third-order valence-corrected chi connectivity index (χ3v) is 6.00. The second-order valence-electron chi connectivity index (χ2n) is 6.55. The van der Waals surface area contributed by atoms with Crippen LogP contribution in [0.4, 0.5) is 11.4 Å². The van der Waals surface area contributed by atoms with Gasteiger partial charge in [-0.15, -0.1) is 0 Å². The quantitative estimate of drug-likeness (QED) is 0.388. The average Bonchev–Trinajstić information content (AvgIpc) is 2.79. The number of carbonyl (C=O) groups is 2. The van der Waals surface area contributed by atoms with Gasteiger partial charge in [-0.25, -0.2) is 13.2 Å². The Kier molecular flexibility index (Phi) is 7.29. The van der Waals surface area contributed by atoms with Crippen molar-refractivity contribution in [3.05, 3.63) is 95.0 Å². The summed E-state index contributed by atoms with van der Waals surface area (Å²) in [5, 5.41) is 2.94. The smallest absolute Gasteiger partial charge is 0.337 e. The summed E-state index contributed by atoms with van der Waals surface area (Å²) in [5.74, 6) is -0.917. The van der Waals surface area contributed by atoms with Gasteiger partial charge in [0.15, 0.2) is 0 Å². The molecule has 7 nitrogen and oxygen atoms in total. The number of carbonyl (C=O) groups excluding carboxylic acids is 2. The highest BCUT2D eigenvalue weighted by atomic mass is 35.5. The van der Waals surface area contributed by atoms with Crippen molar-refractivity contribution in [1.82, 2.24) is 0 Å². The summed E-state index contributed by atoms with van der Waals surface area (Å²) in [7, 11) is -2.54. The molecule has 0 aromatic heterocycles. The van der Waals surface area contributed by atoms with E-state index in [2.05, 4.69) is 14.8 Å². The van der Waals surface area contributed by atoms with Gasteiger partial charge in [-0.05, 0) is 54.1 Å². The summed E-state index contributed by atoms with van der Waals surface area (Å²) in [6.07, 6.45) is 2.84. The number of halogens is 1. The third kappa shape index (κ3) is 5.96. The van der Waals surface area contributed by atoms with Crippen molar-refractivity contribution in [2.75, 3.05) is 17.1 Å². The first-order valence-corrected chi connectivity index (χ1v) is 11.2. The Hall–Kier alpha value is -3.62. The first-order valence-electron chi connectivity index (χ1n) is 9.33. The van der Waals surface area contributed by atoms with Crippen LogP contribution in [0.5, 0.6) is 0 Å². The normalized spacial score (nSPS) is 11.2. The van der Waals surface area contributed by atoms with Crippen molar-refractivity contribution in [1.29, 1.82) is 0 Å². The number of anilines is 2. The summed E-state index contributed by atoms with van der Waals surface area (Å²) in [4.78, 5) is 23.8. The molecule has 3 rings (SSSR count). The van der Waals surface area contributed by atoms with E-state index in [4.69, 9.17) is 11.6 Å². The molecule has 0 spiro atoms. The van der Waals surface area contributed by atoms with Gasteiger partial charge in [0, 0.05) is 11.8 Å². The first-order chi connectivity index (χ1) is 15.3. The highest BCUT2D eigenvalue weighted by molar-refractivity contribution is 7.92. The number of nitrogens with one attached hydrogen (secondary N) is 2. The Morgan fingerprint density at radius 1 is 0.969 bits per heavy atom. The molecule has 0 bridgehead atoms. The predicted octanol–water partition coefficient (Wildman–Crippen LogP) is 4.58. The molecule has 164 valence electrons. The Morgan fingerprint density at radius 2 is 1.69 bits per heavy atom. The van der Waals surface area contributed by atoms with Crippen LogP contribution < -0.4 is 10.0 Å². The molecule has 32 heavy (non-hydrogen) atoms. The van der Waals surface area contributed by atoms with Crippen LogP contribution in [0, 0.1) is 0 Å². The lowest BCUT2D eigenvalue weighted by Gasteiger charge is -2.09. The monoisotopic (exact) mass is 470 g/mol. The van der Waals surface area contributed by atoms with E-state index in [-0.39, 0.29) is 10.6 Å². The fraction of sp³-hybridized carbons (Fsp3) is 0.0435. The molecular weight excluding hydrogens is 452 g/mol. The minimum Gasteiger partial charge on any atom is -0.465 e. The molecule has 0 aliphatic rings. The van der Waals surface area contributed by atoms with E-state index in [1.807, 2.05) is 0 Å². The average molecular weight is 471 g/mol. The van der Waals surface area contributed by atoms with Gasteiger partial charge in [-0.2, -0.15) is 0 Å². The molecule has 3 aromatic carbocycles. The zero-order valence-corrected chi connectivity index (χ0v) is 18.5. The van der Waals surface area contributed by atoms with Gasteiger partial charge in [0.05, 0.1) is 28.3 Å². The number of ether oxygens (including phenoxy) is 1. The van der Waals surface area contributed by atoms with Gasteiger partial charge in [0.2, 0.25) is 5.91 Å². The van der Waals surface area contributed by atoms with Crippen LogP contribution in [0.3, 0.4) is 0 Å². The van der Waals surface area contributed by atoms with Gasteiger partial charge in [-0.1, -0.05) is 41.9 Å². The SMILES string of the molecule is COC(=O)c1cccc(NC(=O)/C=C/c2ccc(S(=O)(=O)Nc3ccccc3Cl)cc2)c1. The van der Waals surface area contributed by atoms with Crippen LogP contribution in [0.2, 0.25) is 5.02 Å². The van der Waals surface area contributed by atoms with E-state index in [1.165, 1.54) is 37.5 Å². The van der Waals surface area contributed by atoms with Crippen molar-refractivity contribution in [2.24, 2.45) is 0 Å². The molecule has 0 heterocycles. The Bertz CT molecular complexity index is 1270. The molecule has 1 amide bonds. The molecule has 2 N–H and O–H groups in total. The summed E-state index contributed by atoms with van der Waals surface area (Å²) in [6.45, 7) is 0. The second-order valence-corrected chi connectivity index (χ2v) is 8.64. The number of amides is 1. The number of hydrogen-bond donors (Lipinski definition) is 2. The van der Waals surface area contributed by atoms with E-state index < -0.39 is 21.9 Å². The Morgan fingerprint density at radius 3 is 2.38 bits per heavy atom. The number of methoxy groups -OCH3 is 1. The van der Waals surface area contributed by atoms with E-state index in [0.29, 0.717) is 21.8 Å². The molecule has 0 saturated heterocycles. The van der Waals surface area contributed by atoms with Crippen LogP contribution in [-0.2, 0) is 19.6 Å². The van der Waals surface area contributed by atoms with Crippen LogP contribution in [-0.4, -0.2) is 27.4 Å².